The molecule has 25 heavy (non-hydrogen) atoms. The van der Waals surface area contributed by atoms with Gasteiger partial charge in [0.25, 0.3) is 0 Å². The number of aryl methyl sites for hydroxylation is 1. The van der Waals surface area contributed by atoms with Crippen LogP contribution in [0.2, 0.25) is 0 Å². The Morgan fingerprint density at radius 1 is 1.12 bits per heavy atom. The van der Waals surface area contributed by atoms with Crippen LogP contribution in [0.25, 0.3) is 0 Å². The molecule has 0 radical (unpaired) electrons. The number of hydrogen-bond acceptors (Lipinski definition) is 6. The number of nitrogens with one attached hydrogen (secondary N) is 1. The smallest absolute Gasteiger partial charge is 0.222 e. The third kappa shape index (κ3) is 4.15. The summed E-state index contributed by atoms with van der Waals surface area (Å²) in [5, 5.41) is 12.8. The van der Waals surface area contributed by atoms with Crippen LogP contribution in [0.4, 0.5) is 5.95 Å². The predicted octanol–water partition coefficient (Wildman–Crippen LogP) is 2.89. The molecule has 0 fully saturated rings. The summed E-state index contributed by atoms with van der Waals surface area (Å²) >= 11 is 0. The number of pyridine rings is 2. The van der Waals surface area contributed by atoms with Gasteiger partial charge in [0.2, 0.25) is 5.95 Å². The van der Waals surface area contributed by atoms with Crippen molar-refractivity contribution < 1.29 is 0 Å². The van der Waals surface area contributed by atoms with E-state index in [4.69, 9.17) is 0 Å². The Morgan fingerprint density at radius 2 is 2.04 bits per heavy atom. The Morgan fingerprint density at radius 3 is 2.76 bits per heavy atom. The van der Waals surface area contributed by atoms with Crippen LogP contribution in [0.1, 0.15) is 28.4 Å². The molecule has 1 unspecified atom stereocenters. The lowest BCUT2D eigenvalue weighted by atomic mass is 9.99. The predicted molar refractivity (Wildman–Crippen MR) is 94.9 cm³/mol. The first-order valence-electron chi connectivity index (χ1n) is 8.05. The maximum absolute atomic E-state index is 9.60. The van der Waals surface area contributed by atoms with Gasteiger partial charge in [-0.05, 0) is 42.7 Å². The van der Waals surface area contributed by atoms with E-state index < -0.39 is 5.92 Å². The van der Waals surface area contributed by atoms with Gasteiger partial charge >= 0.3 is 0 Å². The molecular weight excluding hydrogens is 312 g/mol. The van der Waals surface area contributed by atoms with Crippen molar-refractivity contribution in [2.45, 2.75) is 19.3 Å². The van der Waals surface area contributed by atoms with Gasteiger partial charge < -0.3 is 5.32 Å². The maximum Gasteiger partial charge on any atom is 0.222 e. The molecule has 6 nitrogen and oxygen atoms in total. The lowest BCUT2D eigenvalue weighted by Crippen LogP contribution is -2.12. The lowest BCUT2D eigenvalue weighted by molar-refractivity contribution is 0.878. The third-order valence-corrected chi connectivity index (χ3v) is 3.82. The lowest BCUT2D eigenvalue weighted by Gasteiger charge is -2.13. The van der Waals surface area contributed by atoms with E-state index in [0.29, 0.717) is 23.9 Å². The van der Waals surface area contributed by atoms with Gasteiger partial charge in [-0.3, -0.25) is 9.97 Å². The van der Waals surface area contributed by atoms with Crippen LogP contribution in [0.3, 0.4) is 0 Å². The van der Waals surface area contributed by atoms with Crippen LogP contribution in [-0.4, -0.2) is 26.5 Å². The highest BCUT2D eigenvalue weighted by Gasteiger charge is 2.19. The highest BCUT2D eigenvalue weighted by Crippen LogP contribution is 2.23. The van der Waals surface area contributed by atoms with Crippen LogP contribution in [0, 0.1) is 18.3 Å². The molecule has 0 bridgehead atoms. The summed E-state index contributed by atoms with van der Waals surface area (Å²) in [7, 11) is 0. The minimum atomic E-state index is -0.511. The van der Waals surface area contributed by atoms with Crippen molar-refractivity contribution in [2.75, 3.05) is 11.9 Å². The summed E-state index contributed by atoms with van der Waals surface area (Å²) in [5.74, 6) is 0.00347. The average Bonchev–Trinajstić information content (AvgIpc) is 2.66. The van der Waals surface area contributed by atoms with Crippen LogP contribution in [-0.2, 0) is 6.42 Å². The summed E-state index contributed by atoms with van der Waals surface area (Å²) in [6.45, 7) is 2.59. The third-order valence-electron chi connectivity index (χ3n) is 3.82. The van der Waals surface area contributed by atoms with Crippen LogP contribution in [0.15, 0.2) is 55.1 Å². The van der Waals surface area contributed by atoms with Crippen molar-refractivity contribution in [1.82, 2.24) is 19.9 Å². The molecule has 124 valence electrons. The molecule has 0 amide bonds. The zero-order valence-electron chi connectivity index (χ0n) is 13.9. The molecule has 1 atom stereocenters. The first-order chi connectivity index (χ1) is 12.3. The van der Waals surface area contributed by atoms with E-state index in [2.05, 4.69) is 31.3 Å². The second-order valence-electron chi connectivity index (χ2n) is 5.62. The van der Waals surface area contributed by atoms with Crippen molar-refractivity contribution in [3.63, 3.8) is 0 Å². The Labute approximate surface area is 146 Å². The summed E-state index contributed by atoms with van der Waals surface area (Å²) < 4.78 is 0. The Bertz CT molecular complexity index is 858. The second-order valence-corrected chi connectivity index (χ2v) is 5.62. The van der Waals surface area contributed by atoms with E-state index in [1.54, 1.807) is 18.6 Å². The summed E-state index contributed by atoms with van der Waals surface area (Å²) in [4.78, 5) is 17.3. The van der Waals surface area contributed by atoms with Crippen molar-refractivity contribution in [3.05, 3.63) is 77.6 Å². The molecule has 0 saturated carbocycles. The molecule has 0 saturated heterocycles. The van der Waals surface area contributed by atoms with Gasteiger partial charge in [-0.1, -0.05) is 12.1 Å². The minimum Gasteiger partial charge on any atom is -0.354 e. The molecule has 0 spiro atoms. The molecule has 0 aliphatic heterocycles. The van der Waals surface area contributed by atoms with Crippen molar-refractivity contribution >= 4 is 5.95 Å². The SMILES string of the molecule is Cc1cnc(NCCc2cccnc2)nc1C(C#N)c1ccccn1. The second kappa shape index (κ2) is 7.97. The quantitative estimate of drug-likeness (QED) is 0.748. The van der Waals surface area contributed by atoms with E-state index in [0.717, 1.165) is 17.5 Å². The van der Waals surface area contributed by atoms with Gasteiger partial charge in [-0.15, -0.1) is 0 Å². The number of nitriles is 1. The molecular formula is C19H18N6. The van der Waals surface area contributed by atoms with E-state index in [-0.39, 0.29) is 0 Å². The van der Waals surface area contributed by atoms with E-state index in [9.17, 15) is 5.26 Å². The molecule has 1 N–H and O–H groups in total. The first kappa shape index (κ1) is 16.5. The monoisotopic (exact) mass is 330 g/mol. The van der Waals surface area contributed by atoms with Crippen LogP contribution >= 0.6 is 0 Å². The number of nitrogens with zero attached hydrogens (tertiary/aromatic N) is 5. The van der Waals surface area contributed by atoms with Crippen molar-refractivity contribution in [1.29, 1.82) is 5.26 Å². The molecule has 0 aromatic carbocycles. The molecule has 3 aromatic heterocycles. The van der Waals surface area contributed by atoms with Gasteiger partial charge in [-0.25, -0.2) is 9.97 Å². The summed E-state index contributed by atoms with van der Waals surface area (Å²) in [6.07, 6.45) is 7.84. The fraction of sp³-hybridized carbons (Fsp3) is 0.211. The van der Waals surface area contributed by atoms with Crippen molar-refractivity contribution in [2.24, 2.45) is 0 Å². The van der Waals surface area contributed by atoms with E-state index >= 15 is 0 Å². The molecule has 0 aliphatic carbocycles. The van der Waals surface area contributed by atoms with Crippen LogP contribution in [0.5, 0.6) is 0 Å². The number of aromatic nitrogens is 4. The molecule has 0 aliphatic rings. The van der Waals surface area contributed by atoms with E-state index in [1.165, 1.54) is 0 Å². The standard InChI is InChI=1S/C19H18N6/c1-14-12-24-19(23-10-7-15-5-4-8-21-13-15)25-18(14)16(11-20)17-6-2-3-9-22-17/h2-6,8-9,12-13,16H,7,10H2,1H3,(H,23,24,25). The van der Waals surface area contributed by atoms with Gasteiger partial charge in [-0.2, -0.15) is 5.26 Å². The number of hydrogen-bond donors (Lipinski definition) is 1. The Kier molecular flexibility index (Phi) is 5.27. The van der Waals surface area contributed by atoms with Gasteiger partial charge in [0, 0.05) is 31.3 Å². The largest absolute Gasteiger partial charge is 0.354 e. The highest BCUT2D eigenvalue weighted by atomic mass is 15.1. The fourth-order valence-corrected chi connectivity index (χ4v) is 2.51. The van der Waals surface area contributed by atoms with E-state index in [1.807, 2.05) is 43.5 Å². The summed E-state index contributed by atoms with van der Waals surface area (Å²) in [5.41, 5.74) is 3.38. The zero-order valence-corrected chi connectivity index (χ0v) is 13.9. The van der Waals surface area contributed by atoms with Crippen molar-refractivity contribution in [3.8, 4) is 6.07 Å². The summed E-state index contributed by atoms with van der Waals surface area (Å²) in [6, 6.07) is 11.8. The minimum absolute atomic E-state index is 0.511. The fourth-order valence-electron chi connectivity index (χ4n) is 2.51. The maximum atomic E-state index is 9.60. The molecule has 3 heterocycles. The van der Waals surface area contributed by atoms with Gasteiger partial charge in [0.1, 0.15) is 5.92 Å². The topological polar surface area (TPSA) is 87.4 Å². The molecule has 6 heteroatoms. The number of rotatable bonds is 6. The highest BCUT2D eigenvalue weighted by molar-refractivity contribution is 5.38. The average molecular weight is 330 g/mol. The molecule has 3 rings (SSSR count). The van der Waals surface area contributed by atoms with Gasteiger partial charge in [0.15, 0.2) is 0 Å². The number of anilines is 1. The zero-order chi connectivity index (χ0) is 17.5. The Hall–Kier alpha value is -3.33. The first-order valence-corrected chi connectivity index (χ1v) is 8.05. The molecule has 3 aromatic rings. The van der Waals surface area contributed by atoms with Gasteiger partial charge in [0.05, 0.1) is 17.5 Å². The Balaban J connectivity index is 1.75. The van der Waals surface area contributed by atoms with Crippen LogP contribution < -0.4 is 5.32 Å². The normalized spacial score (nSPS) is 11.5.